The summed E-state index contributed by atoms with van der Waals surface area (Å²) < 4.78 is 5.21. The molecule has 8 heteroatoms. The summed E-state index contributed by atoms with van der Waals surface area (Å²) in [5, 5.41) is 7.27. The van der Waals surface area contributed by atoms with Gasteiger partial charge in [-0.3, -0.25) is 4.79 Å². The number of rotatable bonds is 4. The van der Waals surface area contributed by atoms with Gasteiger partial charge in [0, 0.05) is 48.7 Å². The smallest absolute Gasteiger partial charge is 0.259 e. The number of hydrogen-bond acceptors (Lipinski definition) is 7. The zero-order chi connectivity index (χ0) is 17.9. The molecule has 0 bridgehead atoms. The number of carbonyl (C=O) groups is 1. The van der Waals surface area contributed by atoms with E-state index in [1.807, 2.05) is 4.90 Å². The first kappa shape index (κ1) is 17.0. The van der Waals surface area contributed by atoms with E-state index in [2.05, 4.69) is 32.1 Å². The Hall–Kier alpha value is -2.45. The lowest BCUT2D eigenvalue weighted by Gasteiger charge is -2.34. The van der Waals surface area contributed by atoms with E-state index in [0.29, 0.717) is 24.5 Å². The zero-order valence-electron chi connectivity index (χ0n) is 14.3. The molecule has 1 saturated heterocycles. The monoisotopic (exact) mass is 386 g/mol. The summed E-state index contributed by atoms with van der Waals surface area (Å²) in [7, 11) is 1.53. The highest BCUT2D eigenvalue weighted by molar-refractivity contribution is 7.14. The van der Waals surface area contributed by atoms with Crippen molar-refractivity contribution in [3.63, 3.8) is 0 Å². The first-order chi connectivity index (χ1) is 12.8. The number of methoxy groups -OCH3 is 1. The lowest BCUT2D eigenvalue weighted by molar-refractivity contribution is 0.0742. The van der Waals surface area contributed by atoms with Crippen LogP contribution in [0.25, 0.3) is 11.3 Å². The standard InChI is InChI=1S/C18H18N4O2S2/c1-24-16-14(3-2-5-19-16)17(23)21-6-8-22(9-7-21)18-20-15(12-26-18)13-4-10-25-11-13/h2-5,10-12H,6-9H2,1H3. The Bertz CT molecular complexity index is 886. The van der Waals surface area contributed by atoms with Crippen LogP contribution in [0.2, 0.25) is 0 Å². The summed E-state index contributed by atoms with van der Waals surface area (Å²) in [4.78, 5) is 25.7. The van der Waals surface area contributed by atoms with Gasteiger partial charge in [-0.05, 0) is 23.6 Å². The topological polar surface area (TPSA) is 58.6 Å². The number of carbonyl (C=O) groups excluding carboxylic acids is 1. The Morgan fingerprint density at radius 1 is 1.19 bits per heavy atom. The molecular weight excluding hydrogens is 368 g/mol. The maximum atomic E-state index is 12.8. The number of amides is 1. The maximum Gasteiger partial charge on any atom is 0.259 e. The number of piperazine rings is 1. The second kappa shape index (κ2) is 7.43. The third kappa shape index (κ3) is 3.30. The largest absolute Gasteiger partial charge is 0.480 e. The van der Waals surface area contributed by atoms with Crippen LogP contribution < -0.4 is 9.64 Å². The van der Waals surface area contributed by atoms with E-state index in [1.165, 1.54) is 7.11 Å². The lowest BCUT2D eigenvalue weighted by Crippen LogP contribution is -2.48. The van der Waals surface area contributed by atoms with E-state index >= 15 is 0 Å². The molecule has 0 unspecified atom stereocenters. The van der Waals surface area contributed by atoms with E-state index in [4.69, 9.17) is 9.72 Å². The number of thiazole rings is 1. The number of thiophene rings is 1. The van der Waals surface area contributed by atoms with Crippen molar-refractivity contribution in [3.8, 4) is 17.1 Å². The third-order valence-corrected chi connectivity index (χ3v) is 5.93. The quantitative estimate of drug-likeness (QED) is 0.689. The molecule has 0 spiro atoms. The van der Waals surface area contributed by atoms with Crippen molar-refractivity contribution < 1.29 is 9.53 Å². The molecule has 3 aromatic rings. The van der Waals surface area contributed by atoms with Gasteiger partial charge in [-0.2, -0.15) is 11.3 Å². The first-order valence-corrected chi connectivity index (χ1v) is 10.1. The molecule has 1 aliphatic rings. The molecule has 0 N–H and O–H groups in total. The number of hydrogen-bond donors (Lipinski definition) is 0. The molecule has 6 nitrogen and oxygen atoms in total. The van der Waals surface area contributed by atoms with E-state index < -0.39 is 0 Å². The van der Waals surface area contributed by atoms with Gasteiger partial charge in [0.25, 0.3) is 5.91 Å². The molecule has 26 heavy (non-hydrogen) atoms. The summed E-state index contributed by atoms with van der Waals surface area (Å²) in [6.07, 6.45) is 1.63. The van der Waals surface area contributed by atoms with Gasteiger partial charge in [-0.25, -0.2) is 9.97 Å². The fourth-order valence-corrected chi connectivity index (χ4v) is 4.48. The molecular formula is C18H18N4O2S2. The van der Waals surface area contributed by atoms with E-state index in [-0.39, 0.29) is 5.91 Å². The predicted molar refractivity (Wildman–Crippen MR) is 104 cm³/mol. The minimum Gasteiger partial charge on any atom is -0.480 e. The second-order valence-electron chi connectivity index (χ2n) is 5.87. The normalized spacial score (nSPS) is 14.5. The van der Waals surface area contributed by atoms with Gasteiger partial charge in [-0.15, -0.1) is 11.3 Å². The van der Waals surface area contributed by atoms with E-state index in [9.17, 15) is 4.79 Å². The third-order valence-electron chi connectivity index (χ3n) is 4.34. The van der Waals surface area contributed by atoms with E-state index in [0.717, 1.165) is 29.5 Å². The highest BCUT2D eigenvalue weighted by Crippen LogP contribution is 2.29. The van der Waals surface area contributed by atoms with Crippen molar-refractivity contribution in [2.24, 2.45) is 0 Å². The Kier molecular flexibility index (Phi) is 4.85. The second-order valence-corrected chi connectivity index (χ2v) is 7.48. The molecule has 4 rings (SSSR count). The van der Waals surface area contributed by atoms with Crippen molar-refractivity contribution in [3.05, 3.63) is 46.1 Å². The van der Waals surface area contributed by atoms with Crippen LogP contribution in [0.4, 0.5) is 5.13 Å². The van der Waals surface area contributed by atoms with Crippen LogP contribution in [0.15, 0.2) is 40.5 Å². The number of ether oxygens (including phenoxy) is 1. The number of nitrogens with zero attached hydrogens (tertiary/aromatic N) is 4. The number of aromatic nitrogens is 2. The molecule has 0 atom stereocenters. The Morgan fingerprint density at radius 3 is 2.77 bits per heavy atom. The number of pyridine rings is 1. The van der Waals surface area contributed by atoms with Crippen LogP contribution in [-0.4, -0.2) is 54.1 Å². The van der Waals surface area contributed by atoms with Crippen LogP contribution in [0.1, 0.15) is 10.4 Å². The van der Waals surface area contributed by atoms with Gasteiger partial charge < -0.3 is 14.5 Å². The number of anilines is 1. The molecule has 4 heterocycles. The Balaban J connectivity index is 1.42. The minimum absolute atomic E-state index is 0.0345. The van der Waals surface area contributed by atoms with Crippen LogP contribution in [-0.2, 0) is 0 Å². The highest BCUT2D eigenvalue weighted by atomic mass is 32.1. The summed E-state index contributed by atoms with van der Waals surface area (Å²) in [6, 6.07) is 5.60. The van der Waals surface area contributed by atoms with Gasteiger partial charge in [0.2, 0.25) is 5.88 Å². The summed E-state index contributed by atoms with van der Waals surface area (Å²) >= 11 is 3.33. The minimum atomic E-state index is -0.0345. The molecule has 3 aromatic heterocycles. The maximum absolute atomic E-state index is 12.8. The highest BCUT2D eigenvalue weighted by Gasteiger charge is 2.25. The van der Waals surface area contributed by atoms with Gasteiger partial charge in [0.15, 0.2) is 5.13 Å². The fraction of sp³-hybridized carbons (Fsp3) is 0.278. The molecule has 0 aromatic carbocycles. The van der Waals surface area contributed by atoms with Crippen LogP contribution in [0.3, 0.4) is 0 Å². The summed E-state index contributed by atoms with van der Waals surface area (Å²) in [6.45, 7) is 2.85. The van der Waals surface area contributed by atoms with Crippen molar-refractivity contribution in [2.75, 3.05) is 38.2 Å². The van der Waals surface area contributed by atoms with E-state index in [1.54, 1.807) is 41.0 Å². The first-order valence-electron chi connectivity index (χ1n) is 8.27. The van der Waals surface area contributed by atoms with Crippen LogP contribution in [0.5, 0.6) is 5.88 Å². The van der Waals surface area contributed by atoms with Crippen LogP contribution >= 0.6 is 22.7 Å². The Labute approximate surface area is 159 Å². The van der Waals surface area contributed by atoms with Gasteiger partial charge >= 0.3 is 0 Å². The average Bonchev–Trinajstić information content (AvgIpc) is 3.39. The fourth-order valence-electron chi connectivity index (χ4n) is 2.94. The SMILES string of the molecule is COc1ncccc1C(=O)N1CCN(c2nc(-c3ccsc3)cs2)CC1. The van der Waals surface area contributed by atoms with Crippen molar-refractivity contribution in [1.29, 1.82) is 0 Å². The van der Waals surface area contributed by atoms with Crippen molar-refractivity contribution >= 4 is 33.7 Å². The van der Waals surface area contributed by atoms with Crippen LogP contribution in [0, 0.1) is 0 Å². The van der Waals surface area contributed by atoms with Crippen molar-refractivity contribution in [1.82, 2.24) is 14.9 Å². The lowest BCUT2D eigenvalue weighted by atomic mass is 10.2. The molecule has 0 radical (unpaired) electrons. The summed E-state index contributed by atoms with van der Waals surface area (Å²) in [5.74, 6) is 0.341. The average molecular weight is 387 g/mol. The molecule has 0 aliphatic carbocycles. The van der Waals surface area contributed by atoms with Gasteiger partial charge in [0.05, 0.1) is 12.8 Å². The van der Waals surface area contributed by atoms with Gasteiger partial charge in [-0.1, -0.05) is 0 Å². The molecule has 134 valence electrons. The predicted octanol–water partition coefficient (Wildman–Crippen LogP) is 3.24. The van der Waals surface area contributed by atoms with Crippen molar-refractivity contribution in [2.45, 2.75) is 0 Å². The molecule has 0 saturated carbocycles. The molecule has 1 amide bonds. The zero-order valence-corrected chi connectivity index (χ0v) is 15.9. The molecule has 1 aliphatic heterocycles. The van der Waals surface area contributed by atoms with Gasteiger partial charge in [0.1, 0.15) is 5.56 Å². The summed E-state index contributed by atoms with van der Waals surface area (Å²) in [5.41, 5.74) is 2.69. The molecule has 1 fully saturated rings. The Morgan fingerprint density at radius 2 is 2.04 bits per heavy atom.